The summed E-state index contributed by atoms with van der Waals surface area (Å²) in [4.78, 5) is 19.9. The fraction of sp³-hybridized carbons (Fsp3) is 0.292. The van der Waals surface area contributed by atoms with Crippen LogP contribution in [0.1, 0.15) is 47.7 Å². The number of rotatable bonds is 4. The van der Waals surface area contributed by atoms with Crippen LogP contribution in [0.2, 0.25) is 0 Å². The normalized spacial score (nSPS) is 14.5. The van der Waals surface area contributed by atoms with Gasteiger partial charge >= 0.3 is 0 Å². The third-order valence-electron chi connectivity index (χ3n) is 5.90. The molecule has 2 aromatic carbocycles. The van der Waals surface area contributed by atoms with Crippen molar-refractivity contribution in [3.05, 3.63) is 77.9 Å². The second-order valence-corrected chi connectivity index (χ2v) is 8.24. The fourth-order valence-corrected chi connectivity index (χ4v) is 4.26. The molecule has 152 valence electrons. The Hall–Kier alpha value is -3.41. The van der Waals surface area contributed by atoms with Gasteiger partial charge < -0.3 is 9.47 Å². The molecule has 1 saturated heterocycles. The summed E-state index contributed by atoms with van der Waals surface area (Å²) in [6.45, 7) is 7.66. The maximum atomic E-state index is 13.1. The number of likely N-dealkylation sites (tertiary alicyclic amines) is 1. The Bertz CT molecular complexity index is 1220. The summed E-state index contributed by atoms with van der Waals surface area (Å²) in [5.41, 5.74) is 4.65. The highest BCUT2D eigenvalue weighted by atomic mass is 16.2. The number of benzene rings is 2. The lowest BCUT2D eigenvalue weighted by Gasteiger charge is -2.41. The summed E-state index contributed by atoms with van der Waals surface area (Å²) in [6.07, 6.45) is 1.68. The SMILES string of the molecule is Cc1c(C(=O)N2CC(n3c(C(C)C)nc4ccccc43)C2)cnn1-c1ccccc1. The maximum absolute atomic E-state index is 13.1. The van der Waals surface area contributed by atoms with E-state index >= 15 is 0 Å². The molecule has 0 bridgehead atoms. The van der Waals surface area contributed by atoms with E-state index in [1.54, 1.807) is 6.20 Å². The molecule has 1 fully saturated rings. The average Bonchev–Trinajstić information content (AvgIpc) is 3.29. The van der Waals surface area contributed by atoms with Gasteiger partial charge in [-0.2, -0.15) is 5.10 Å². The Labute approximate surface area is 175 Å². The number of hydrogen-bond acceptors (Lipinski definition) is 3. The first-order valence-corrected chi connectivity index (χ1v) is 10.4. The Morgan fingerprint density at radius 2 is 1.73 bits per heavy atom. The van der Waals surface area contributed by atoms with Crippen LogP contribution in [-0.2, 0) is 0 Å². The van der Waals surface area contributed by atoms with Crippen LogP contribution in [0.4, 0.5) is 0 Å². The highest BCUT2D eigenvalue weighted by molar-refractivity contribution is 5.95. The number of hydrogen-bond donors (Lipinski definition) is 0. The number of carbonyl (C=O) groups excluding carboxylic acids is 1. The van der Waals surface area contributed by atoms with Gasteiger partial charge in [0.05, 0.1) is 40.2 Å². The molecule has 4 aromatic rings. The molecule has 0 saturated carbocycles. The summed E-state index contributed by atoms with van der Waals surface area (Å²) in [5.74, 6) is 1.45. The molecular weight excluding hydrogens is 374 g/mol. The van der Waals surface area contributed by atoms with Gasteiger partial charge in [0.25, 0.3) is 5.91 Å². The highest BCUT2D eigenvalue weighted by Gasteiger charge is 2.36. The zero-order chi connectivity index (χ0) is 20.8. The van der Waals surface area contributed by atoms with Crippen molar-refractivity contribution in [3.8, 4) is 5.69 Å². The van der Waals surface area contributed by atoms with Crippen LogP contribution in [0.25, 0.3) is 16.7 Å². The molecule has 0 N–H and O–H groups in total. The fourth-order valence-electron chi connectivity index (χ4n) is 4.26. The molecule has 1 amide bonds. The van der Waals surface area contributed by atoms with Crippen molar-refractivity contribution in [2.75, 3.05) is 13.1 Å². The third-order valence-corrected chi connectivity index (χ3v) is 5.90. The van der Waals surface area contributed by atoms with Gasteiger partial charge in [0, 0.05) is 19.0 Å². The van der Waals surface area contributed by atoms with E-state index in [4.69, 9.17) is 4.98 Å². The number of imidazole rings is 1. The predicted molar refractivity (Wildman–Crippen MR) is 117 cm³/mol. The minimum atomic E-state index is 0.0430. The van der Waals surface area contributed by atoms with Crippen molar-refractivity contribution in [3.63, 3.8) is 0 Å². The Morgan fingerprint density at radius 3 is 2.47 bits per heavy atom. The molecule has 2 aromatic heterocycles. The van der Waals surface area contributed by atoms with Gasteiger partial charge in [-0.25, -0.2) is 9.67 Å². The molecule has 0 aliphatic carbocycles. The summed E-state index contributed by atoms with van der Waals surface area (Å²) < 4.78 is 4.15. The van der Waals surface area contributed by atoms with Crippen LogP contribution in [0.5, 0.6) is 0 Å². The van der Waals surface area contributed by atoms with Gasteiger partial charge in [-0.15, -0.1) is 0 Å². The van der Waals surface area contributed by atoms with Gasteiger partial charge in [-0.05, 0) is 31.2 Å². The van der Waals surface area contributed by atoms with Crippen molar-refractivity contribution in [2.24, 2.45) is 0 Å². The first-order chi connectivity index (χ1) is 14.5. The number of fused-ring (bicyclic) bond motifs is 1. The minimum absolute atomic E-state index is 0.0430. The van der Waals surface area contributed by atoms with Crippen LogP contribution < -0.4 is 0 Å². The summed E-state index contributed by atoms with van der Waals surface area (Å²) in [7, 11) is 0. The van der Waals surface area contributed by atoms with E-state index in [9.17, 15) is 4.79 Å². The van der Waals surface area contributed by atoms with Crippen LogP contribution in [0.15, 0.2) is 60.8 Å². The molecule has 0 atom stereocenters. The van der Waals surface area contributed by atoms with Crippen molar-refractivity contribution in [1.82, 2.24) is 24.2 Å². The topological polar surface area (TPSA) is 56.0 Å². The number of nitrogens with zero attached hydrogens (tertiary/aromatic N) is 5. The summed E-state index contributed by atoms with van der Waals surface area (Å²) in [5, 5.41) is 4.45. The predicted octanol–water partition coefficient (Wildman–Crippen LogP) is 4.35. The first kappa shape index (κ1) is 18.6. The van der Waals surface area contributed by atoms with E-state index < -0.39 is 0 Å². The quantitative estimate of drug-likeness (QED) is 0.513. The molecule has 6 nitrogen and oxygen atoms in total. The van der Waals surface area contributed by atoms with Crippen molar-refractivity contribution >= 4 is 16.9 Å². The average molecular weight is 399 g/mol. The van der Waals surface area contributed by atoms with E-state index in [0.717, 1.165) is 28.2 Å². The second kappa shape index (κ2) is 7.13. The van der Waals surface area contributed by atoms with Crippen molar-refractivity contribution in [2.45, 2.75) is 32.7 Å². The highest BCUT2D eigenvalue weighted by Crippen LogP contribution is 2.32. The van der Waals surface area contributed by atoms with Crippen molar-refractivity contribution < 1.29 is 4.79 Å². The van der Waals surface area contributed by atoms with Crippen LogP contribution in [0, 0.1) is 6.92 Å². The summed E-state index contributed by atoms with van der Waals surface area (Å²) in [6, 6.07) is 18.4. The molecular formula is C24H25N5O. The lowest BCUT2D eigenvalue weighted by molar-refractivity contribution is 0.0520. The first-order valence-electron chi connectivity index (χ1n) is 10.4. The number of amides is 1. The Morgan fingerprint density at radius 1 is 1.03 bits per heavy atom. The molecule has 0 radical (unpaired) electrons. The number of aromatic nitrogens is 4. The van der Waals surface area contributed by atoms with Gasteiger partial charge in [0.1, 0.15) is 5.82 Å². The largest absolute Gasteiger partial charge is 0.334 e. The monoisotopic (exact) mass is 399 g/mol. The molecule has 5 rings (SSSR count). The van der Waals surface area contributed by atoms with Crippen LogP contribution in [0.3, 0.4) is 0 Å². The van der Waals surface area contributed by atoms with Gasteiger partial charge in [0.15, 0.2) is 0 Å². The zero-order valence-electron chi connectivity index (χ0n) is 17.5. The molecule has 1 aliphatic heterocycles. The molecule has 0 unspecified atom stereocenters. The molecule has 30 heavy (non-hydrogen) atoms. The van der Waals surface area contributed by atoms with Crippen LogP contribution >= 0.6 is 0 Å². The zero-order valence-corrected chi connectivity index (χ0v) is 17.5. The van der Waals surface area contributed by atoms with E-state index in [2.05, 4.69) is 35.6 Å². The Balaban J connectivity index is 1.38. The summed E-state index contributed by atoms with van der Waals surface area (Å²) >= 11 is 0. The molecule has 0 spiro atoms. The van der Waals surface area contributed by atoms with Crippen molar-refractivity contribution in [1.29, 1.82) is 0 Å². The van der Waals surface area contributed by atoms with E-state index in [0.29, 0.717) is 24.6 Å². The van der Waals surface area contributed by atoms with Gasteiger partial charge in [-0.3, -0.25) is 4.79 Å². The van der Waals surface area contributed by atoms with Gasteiger partial charge in [0.2, 0.25) is 0 Å². The van der Waals surface area contributed by atoms with E-state index in [1.165, 1.54) is 0 Å². The molecule has 1 aliphatic rings. The third kappa shape index (κ3) is 2.91. The smallest absolute Gasteiger partial charge is 0.257 e. The minimum Gasteiger partial charge on any atom is -0.334 e. The molecule has 3 heterocycles. The second-order valence-electron chi connectivity index (χ2n) is 8.24. The standard InChI is InChI=1S/C24H25N5O/c1-16(2)23-26-21-11-7-8-12-22(21)28(23)19-14-27(15-19)24(30)20-13-25-29(17(20)3)18-9-5-4-6-10-18/h4-13,16,19H,14-15H2,1-3H3. The molecule has 6 heteroatoms. The Kier molecular flexibility index (Phi) is 4.42. The van der Waals surface area contributed by atoms with E-state index in [-0.39, 0.29) is 11.9 Å². The lowest BCUT2D eigenvalue weighted by atomic mass is 10.0. The maximum Gasteiger partial charge on any atom is 0.257 e. The van der Waals surface area contributed by atoms with E-state index in [1.807, 2.05) is 59.0 Å². The number of para-hydroxylation sites is 3. The van der Waals surface area contributed by atoms with Gasteiger partial charge in [-0.1, -0.05) is 44.2 Å². The lowest BCUT2D eigenvalue weighted by Crippen LogP contribution is -2.51. The number of carbonyl (C=O) groups is 1. The van der Waals surface area contributed by atoms with Crippen LogP contribution in [-0.4, -0.2) is 43.2 Å².